The highest BCUT2D eigenvalue weighted by Crippen LogP contribution is 2.50. The first-order valence-electron chi connectivity index (χ1n) is 10.3. The fraction of sp³-hybridized carbons (Fsp3) is 0.684. The number of nitrogens with one attached hydrogen (secondary N) is 1. The van der Waals surface area contributed by atoms with Crippen LogP contribution in [0, 0.1) is 5.92 Å². The summed E-state index contributed by atoms with van der Waals surface area (Å²) >= 11 is 0. The molecule has 5 N–H and O–H groups in total. The average Bonchev–Trinajstić information content (AvgIpc) is 3.40. The van der Waals surface area contributed by atoms with E-state index in [2.05, 4.69) is 4.98 Å². The van der Waals surface area contributed by atoms with Gasteiger partial charge in [-0.25, -0.2) is 9.18 Å². The summed E-state index contributed by atoms with van der Waals surface area (Å²) in [6.45, 7) is 0.360. The highest BCUT2D eigenvalue weighted by molar-refractivity contribution is 5.70. The van der Waals surface area contributed by atoms with Crippen molar-refractivity contribution in [2.75, 3.05) is 13.1 Å². The largest absolute Gasteiger partial charge is 0.415 e. The minimum Gasteiger partial charge on any atom is -0.396 e. The van der Waals surface area contributed by atoms with E-state index in [0.29, 0.717) is 12.8 Å². The molecule has 0 bridgehead atoms. The number of nitrogens with zero attached hydrogens (tertiary/aromatic N) is 2. The third kappa shape index (κ3) is 3.40. The van der Waals surface area contributed by atoms with Crippen molar-refractivity contribution in [3.63, 3.8) is 0 Å². The van der Waals surface area contributed by atoms with Crippen LogP contribution >= 0.6 is 0 Å². The molecule has 1 aliphatic heterocycles. The Bertz CT molecular complexity index is 1100. The van der Waals surface area contributed by atoms with Gasteiger partial charge in [-0.2, -0.15) is 26.3 Å². The SMILES string of the molecule is CC1c2c(c(=O)[nH]c(=O)n2C2CC2)C(N)=C(F)C1N1CCC(C(N)(C(F)(F)F)C(F)(F)F)C1. The molecule has 3 aliphatic rings. The Balaban J connectivity index is 1.76. The number of aromatic amines is 1. The second kappa shape index (κ2) is 7.32. The molecule has 14 heteroatoms. The number of halogens is 7. The first-order valence-corrected chi connectivity index (χ1v) is 10.3. The van der Waals surface area contributed by atoms with E-state index in [0.717, 1.165) is 4.90 Å². The maximum absolute atomic E-state index is 15.3. The molecule has 3 unspecified atom stereocenters. The minimum atomic E-state index is -5.77. The Morgan fingerprint density at radius 2 is 1.61 bits per heavy atom. The number of likely N-dealkylation sites (tertiary alicyclic amines) is 1. The van der Waals surface area contributed by atoms with Crippen molar-refractivity contribution < 1.29 is 30.7 Å². The van der Waals surface area contributed by atoms with Gasteiger partial charge in [0, 0.05) is 30.1 Å². The van der Waals surface area contributed by atoms with Crippen LogP contribution in [0.2, 0.25) is 0 Å². The molecule has 1 aromatic heterocycles. The number of aromatic nitrogens is 2. The average molecular weight is 485 g/mol. The number of hydrogen-bond acceptors (Lipinski definition) is 5. The van der Waals surface area contributed by atoms with Gasteiger partial charge in [-0.05, 0) is 25.8 Å². The number of rotatable bonds is 3. The first-order chi connectivity index (χ1) is 15.1. The molecule has 0 aromatic carbocycles. The van der Waals surface area contributed by atoms with Crippen LogP contribution in [0.15, 0.2) is 15.4 Å². The number of nitrogens with two attached hydrogens (primary N) is 2. The Labute approximate surface area is 182 Å². The van der Waals surface area contributed by atoms with Gasteiger partial charge in [0.2, 0.25) is 5.54 Å². The van der Waals surface area contributed by atoms with Crippen LogP contribution in [0.25, 0.3) is 5.70 Å². The Kier molecular flexibility index (Phi) is 5.28. The Hall–Kier alpha value is -2.35. The summed E-state index contributed by atoms with van der Waals surface area (Å²) in [6.07, 6.45) is -10.9. The molecule has 2 aliphatic carbocycles. The molecule has 184 valence electrons. The molecule has 0 amide bonds. The van der Waals surface area contributed by atoms with Crippen LogP contribution in [-0.2, 0) is 0 Å². The van der Waals surface area contributed by atoms with Gasteiger partial charge >= 0.3 is 18.0 Å². The van der Waals surface area contributed by atoms with Crippen LogP contribution in [0.4, 0.5) is 30.7 Å². The van der Waals surface area contributed by atoms with Crippen molar-refractivity contribution in [1.29, 1.82) is 0 Å². The number of hydrogen-bond donors (Lipinski definition) is 3. The van der Waals surface area contributed by atoms with Gasteiger partial charge in [-0.3, -0.25) is 19.2 Å². The highest BCUT2D eigenvalue weighted by atomic mass is 19.4. The minimum absolute atomic E-state index is 0.129. The molecule has 33 heavy (non-hydrogen) atoms. The van der Waals surface area contributed by atoms with E-state index in [-0.39, 0.29) is 23.8 Å². The van der Waals surface area contributed by atoms with Crippen molar-refractivity contribution in [3.8, 4) is 0 Å². The van der Waals surface area contributed by atoms with E-state index < -0.39 is 71.5 Å². The quantitative estimate of drug-likeness (QED) is 0.568. The summed E-state index contributed by atoms with van der Waals surface area (Å²) in [5, 5.41) is 0. The molecule has 2 fully saturated rings. The molecule has 0 spiro atoms. The fourth-order valence-corrected chi connectivity index (χ4v) is 5.13. The van der Waals surface area contributed by atoms with Crippen LogP contribution < -0.4 is 22.7 Å². The van der Waals surface area contributed by atoms with Gasteiger partial charge in [-0.15, -0.1) is 0 Å². The molecule has 7 nitrogen and oxygen atoms in total. The summed E-state index contributed by atoms with van der Waals surface area (Å²) in [5.74, 6) is -4.06. The van der Waals surface area contributed by atoms with Gasteiger partial charge in [0.15, 0.2) is 0 Å². The predicted molar refractivity (Wildman–Crippen MR) is 103 cm³/mol. The zero-order valence-electron chi connectivity index (χ0n) is 17.4. The number of alkyl halides is 6. The van der Waals surface area contributed by atoms with E-state index in [9.17, 15) is 35.9 Å². The molecule has 1 saturated heterocycles. The van der Waals surface area contributed by atoms with E-state index in [4.69, 9.17) is 11.5 Å². The molecule has 1 aromatic rings. The lowest BCUT2D eigenvalue weighted by Gasteiger charge is -2.40. The van der Waals surface area contributed by atoms with Gasteiger partial charge in [0.05, 0.1) is 17.3 Å². The van der Waals surface area contributed by atoms with Crippen LogP contribution in [-0.4, -0.2) is 51.5 Å². The van der Waals surface area contributed by atoms with E-state index in [1.807, 2.05) is 0 Å². The summed E-state index contributed by atoms with van der Waals surface area (Å²) in [4.78, 5) is 28.0. The van der Waals surface area contributed by atoms with Crippen molar-refractivity contribution >= 4 is 5.70 Å². The van der Waals surface area contributed by atoms with Crippen molar-refractivity contribution in [2.45, 2.75) is 62.1 Å². The lowest BCUT2D eigenvalue weighted by Crippen LogP contribution is -2.68. The Morgan fingerprint density at radius 1 is 1.03 bits per heavy atom. The van der Waals surface area contributed by atoms with Gasteiger partial charge in [0.1, 0.15) is 5.83 Å². The lowest BCUT2D eigenvalue weighted by molar-refractivity contribution is -0.310. The Morgan fingerprint density at radius 3 is 2.12 bits per heavy atom. The molecule has 3 atom stereocenters. The second-order valence-corrected chi connectivity index (χ2v) is 8.96. The number of fused-ring (bicyclic) bond motifs is 1. The van der Waals surface area contributed by atoms with E-state index >= 15 is 4.39 Å². The van der Waals surface area contributed by atoms with Gasteiger partial charge < -0.3 is 11.5 Å². The lowest BCUT2D eigenvalue weighted by atomic mass is 9.82. The van der Waals surface area contributed by atoms with Crippen LogP contribution in [0.1, 0.15) is 49.4 Å². The summed E-state index contributed by atoms with van der Waals surface area (Å²) in [6, 6.07) is -1.60. The first kappa shape index (κ1) is 23.8. The molecular formula is C19H22F7N5O2. The monoisotopic (exact) mass is 485 g/mol. The standard InChI is InChI=1S/C19H22F7N5O2/c1-7-13-10(15(32)29-16(33)31(13)9-2-3-9)12(27)11(20)14(7)30-5-4-8(6-30)17(28,18(21,22)23)19(24,25)26/h7-9,14H,2-6,27-28H2,1H3,(H,29,32,33). The fourth-order valence-electron chi connectivity index (χ4n) is 5.13. The molecule has 0 radical (unpaired) electrons. The van der Waals surface area contributed by atoms with E-state index in [1.165, 1.54) is 11.5 Å². The van der Waals surface area contributed by atoms with Crippen molar-refractivity contribution in [3.05, 3.63) is 37.9 Å². The highest BCUT2D eigenvalue weighted by Gasteiger charge is 2.72. The zero-order chi connectivity index (χ0) is 24.7. The van der Waals surface area contributed by atoms with Crippen molar-refractivity contribution in [2.24, 2.45) is 17.4 Å². The normalized spacial score (nSPS) is 27.2. The topological polar surface area (TPSA) is 110 Å². The number of H-pyrrole nitrogens is 1. The predicted octanol–water partition coefficient (Wildman–Crippen LogP) is 2.10. The maximum Gasteiger partial charge on any atom is 0.415 e. The van der Waals surface area contributed by atoms with Gasteiger partial charge in [-0.1, -0.05) is 6.92 Å². The second-order valence-electron chi connectivity index (χ2n) is 8.96. The zero-order valence-corrected chi connectivity index (χ0v) is 17.4. The smallest absolute Gasteiger partial charge is 0.396 e. The van der Waals surface area contributed by atoms with E-state index in [1.54, 1.807) is 0 Å². The molecule has 1 saturated carbocycles. The summed E-state index contributed by atoms with van der Waals surface area (Å²) < 4.78 is 97.2. The van der Waals surface area contributed by atoms with Gasteiger partial charge in [0.25, 0.3) is 5.56 Å². The summed E-state index contributed by atoms with van der Waals surface area (Å²) in [5.41, 5.74) is 4.01. The maximum atomic E-state index is 15.3. The molecule has 2 heterocycles. The third-order valence-electron chi connectivity index (χ3n) is 6.98. The third-order valence-corrected chi connectivity index (χ3v) is 6.98. The molecule has 4 rings (SSSR count). The molecular weight excluding hydrogens is 463 g/mol. The van der Waals surface area contributed by atoms with Crippen molar-refractivity contribution in [1.82, 2.24) is 14.5 Å². The summed E-state index contributed by atoms with van der Waals surface area (Å²) in [7, 11) is 0. The van der Waals surface area contributed by atoms with Crippen LogP contribution in [0.5, 0.6) is 0 Å². The van der Waals surface area contributed by atoms with Crippen LogP contribution in [0.3, 0.4) is 0 Å².